The topological polar surface area (TPSA) is 113 Å². The molecule has 2 unspecified atom stereocenters. The summed E-state index contributed by atoms with van der Waals surface area (Å²) in [7, 11) is 0. The van der Waals surface area contributed by atoms with Crippen molar-refractivity contribution in [2.24, 2.45) is 5.73 Å². The number of rotatable bonds is 7. The highest BCUT2D eigenvalue weighted by atomic mass is 16.4. The van der Waals surface area contributed by atoms with Crippen LogP contribution in [0.3, 0.4) is 0 Å². The summed E-state index contributed by atoms with van der Waals surface area (Å²) in [6.45, 7) is 1.72. The van der Waals surface area contributed by atoms with E-state index in [0.717, 1.165) is 0 Å². The first-order chi connectivity index (χ1) is 6.49. The van der Waals surface area contributed by atoms with Crippen LogP contribution in [-0.2, 0) is 9.59 Å². The molecule has 1 amide bonds. The molecule has 0 bridgehead atoms. The van der Waals surface area contributed by atoms with Crippen LogP contribution in [0.5, 0.6) is 0 Å². The van der Waals surface area contributed by atoms with Crippen molar-refractivity contribution >= 4 is 11.9 Å². The van der Waals surface area contributed by atoms with E-state index < -0.39 is 24.0 Å². The maximum absolute atomic E-state index is 10.6. The van der Waals surface area contributed by atoms with Gasteiger partial charge in [0.1, 0.15) is 12.1 Å². The van der Waals surface area contributed by atoms with Gasteiger partial charge in [-0.05, 0) is 6.42 Å². The van der Waals surface area contributed by atoms with Crippen LogP contribution in [0.25, 0.3) is 0 Å². The first-order valence-corrected chi connectivity index (χ1v) is 4.42. The molecule has 0 radical (unpaired) electrons. The molecule has 0 aliphatic rings. The monoisotopic (exact) mass is 204 g/mol. The molecule has 0 saturated heterocycles. The number of nitrogens with one attached hydrogen (secondary N) is 1. The number of aliphatic hydroxyl groups excluding tert-OH is 1. The van der Waals surface area contributed by atoms with Gasteiger partial charge in [0.2, 0.25) is 5.91 Å². The lowest BCUT2D eigenvalue weighted by molar-refractivity contribution is -0.140. The van der Waals surface area contributed by atoms with E-state index in [0.29, 0.717) is 12.8 Å². The van der Waals surface area contributed by atoms with Gasteiger partial charge < -0.3 is 21.3 Å². The Hall–Kier alpha value is -1.14. The van der Waals surface area contributed by atoms with Crippen LogP contribution in [0.2, 0.25) is 0 Å². The number of amides is 1. The molecule has 0 rings (SSSR count). The Morgan fingerprint density at radius 2 is 2.07 bits per heavy atom. The molecular formula is C8H16N2O4. The van der Waals surface area contributed by atoms with Crippen LogP contribution >= 0.6 is 0 Å². The lowest BCUT2D eigenvalue weighted by Gasteiger charge is -2.14. The van der Waals surface area contributed by atoms with Crippen LogP contribution < -0.4 is 11.1 Å². The molecule has 0 saturated carbocycles. The highest BCUT2D eigenvalue weighted by Crippen LogP contribution is 1.96. The standard InChI is InChI=1S/C8H16N2O4/c1-2-3-5(8(13)14)10-4-6(11)7(9)12/h5-6,10-11H,2-4H2,1H3,(H2,9,12)(H,13,14). The highest BCUT2D eigenvalue weighted by molar-refractivity contribution is 5.79. The number of hydrogen-bond acceptors (Lipinski definition) is 4. The van der Waals surface area contributed by atoms with Gasteiger partial charge in [-0.1, -0.05) is 13.3 Å². The van der Waals surface area contributed by atoms with E-state index in [1.165, 1.54) is 0 Å². The normalized spacial score (nSPS) is 14.7. The second-order valence-electron chi connectivity index (χ2n) is 3.01. The Bertz CT molecular complexity index is 208. The van der Waals surface area contributed by atoms with Crippen molar-refractivity contribution < 1.29 is 19.8 Å². The number of nitrogens with two attached hydrogens (primary N) is 1. The Morgan fingerprint density at radius 1 is 1.50 bits per heavy atom. The van der Waals surface area contributed by atoms with E-state index in [2.05, 4.69) is 5.32 Å². The van der Waals surface area contributed by atoms with E-state index in [-0.39, 0.29) is 6.54 Å². The molecule has 14 heavy (non-hydrogen) atoms. The summed E-state index contributed by atoms with van der Waals surface area (Å²) in [5.74, 6) is -1.86. The van der Waals surface area contributed by atoms with E-state index in [4.69, 9.17) is 15.9 Å². The van der Waals surface area contributed by atoms with E-state index >= 15 is 0 Å². The molecule has 6 heteroatoms. The van der Waals surface area contributed by atoms with Gasteiger partial charge >= 0.3 is 5.97 Å². The van der Waals surface area contributed by atoms with Crippen molar-refractivity contribution in [1.82, 2.24) is 5.32 Å². The lowest BCUT2D eigenvalue weighted by atomic mass is 10.1. The summed E-state index contributed by atoms with van der Waals surface area (Å²) < 4.78 is 0. The first-order valence-electron chi connectivity index (χ1n) is 4.42. The van der Waals surface area contributed by atoms with Gasteiger partial charge in [0.15, 0.2) is 0 Å². The Labute approximate surface area is 82.1 Å². The van der Waals surface area contributed by atoms with Crippen molar-refractivity contribution in [1.29, 1.82) is 0 Å². The zero-order chi connectivity index (χ0) is 11.1. The molecule has 0 spiro atoms. The summed E-state index contributed by atoms with van der Waals surface area (Å²) in [6, 6.07) is -0.742. The Balaban J connectivity index is 3.93. The minimum Gasteiger partial charge on any atom is -0.480 e. The number of carbonyl (C=O) groups is 2. The van der Waals surface area contributed by atoms with Gasteiger partial charge in [0.05, 0.1) is 0 Å². The number of aliphatic hydroxyl groups is 1. The SMILES string of the molecule is CCCC(NCC(O)C(N)=O)C(=O)O. The number of primary amides is 1. The lowest BCUT2D eigenvalue weighted by Crippen LogP contribution is -2.44. The minimum absolute atomic E-state index is 0.133. The molecule has 0 aromatic carbocycles. The van der Waals surface area contributed by atoms with Crippen molar-refractivity contribution in [3.63, 3.8) is 0 Å². The van der Waals surface area contributed by atoms with Crippen molar-refractivity contribution in [3.05, 3.63) is 0 Å². The zero-order valence-electron chi connectivity index (χ0n) is 8.06. The van der Waals surface area contributed by atoms with Crippen LogP contribution in [-0.4, -0.2) is 40.8 Å². The van der Waals surface area contributed by atoms with Crippen molar-refractivity contribution in [3.8, 4) is 0 Å². The summed E-state index contributed by atoms with van der Waals surface area (Å²) >= 11 is 0. The predicted molar refractivity (Wildman–Crippen MR) is 49.5 cm³/mol. The fraction of sp³-hybridized carbons (Fsp3) is 0.750. The average molecular weight is 204 g/mol. The number of aliphatic carboxylic acids is 1. The molecule has 0 aliphatic carbocycles. The average Bonchev–Trinajstić information content (AvgIpc) is 2.10. The minimum atomic E-state index is -1.34. The molecular weight excluding hydrogens is 188 g/mol. The molecule has 82 valence electrons. The fourth-order valence-corrected chi connectivity index (χ4v) is 0.956. The van der Waals surface area contributed by atoms with Gasteiger partial charge in [0, 0.05) is 6.54 Å². The third-order valence-corrected chi connectivity index (χ3v) is 1.76. The number of carboxylic acids is 1. The first kappa shape index (κ1) is 12.9. The van der Waals surface area contributed by atoms with Gasteiger partial charge in [-0.3, -0.25) is 9.59 Å². The second kappa shape index (κ2) is 6.33. The zero-order valence-corrected chi connectivity index (χ0v) is 8.06. The molecule has 0 fully saturated rings. The van der Waals surface area contributed by atoms with Gasteiger partial charge in [0.25, 0.3) is 0 Å². The molecule has 0 aromatic rings. The molecule has 6 nitrogen and oxygen atoms in total. The van der Waals surface area contributed by atoms with Gasteiger partial charge in [-0.15, -0.1) is 0 Å². The third-order valence-electron chi connectivity index (χ3n) is 1.76. The van der Waals surface area contributed by atoms with Crippen molar-refractivity contribution in [2.75, 3.05) is 6.54 Å². The number of carbonyl (C=O) groups excluding carboxylic acids is 1. The maximum Gasteiger partial charge on any atom is 0.320 e. The largest absolute Gasteiger partial charge is 0.480 e. The fourth-order valence-electron chi connectivity index (χ4n) is 0.956. The highest BCUT2D eigenvalue weighted by Gasteiger charge is 2.18. The van der Waals surface area contributed by atoms with E-state index in [1.54, 1.807) is 0 Å². The summed E-state index contributed by atoms with van der Waals surface area (Å²) in [6.07, 6.45) is -0.189. The third kappa shape index (κ3) is 4.78. The maximum atomic E-state index is 10.6. The number of carboxylic acid groups (broad SMARTS) is 1. The van der Waals surface area contributed by atoms with Gasteiger partial charge in [-0.2, -0.15) is 0 Å². The van der Waals surface area contributed by atoms with Crippen LogP contribution in [0.4, 0.5) is 0 Å². The van der Waals surface area contributed by atoms with E-state index in [1.807, 2.05) is 6.92 Å². The van der Waals surface area contributed by atoms with E-state index in [9.17, 15) is 9.59 Å². The molecule has 0 aliphatic heterocycles. The quantitative estimate of drug-likeness (QED) is 0.410. The molecule has 0 aromatic heterocycles. The molecule has 5 N–H and O–H groups in total. The second-order valence-corrected chi connectivity index (χ2v) is 3.01. The Kier molecular flexibility index (Phi) is 5.82. The summed E-state index contributed by atoms with van der Waals surface area (Å²) in [4.78, 5) is 21.0. The van der Waals surface area contributed by atoms with Gasteiger partial charge in [-0.25, -0.2) is 0 Å². The summed E-state index contributed by atoms with van der Waals surface area (Å²) in [5.41, 5.74) is 4.80. The van der Waals surface area contributed by atoms with Crippen molar-refractivity contribution in [2.45, 2.75) is 31.9 Å². The Morgan fingerprint density at radius 3 is 2.43 bits per heavy atom. The van der Waals surface area contributed by atoms with Crippen LogP contribution in [0.1, 0.15) is 19.8 Å². The van der Waals surface area contributed by atoms with Crippen LogP contribution in [0.15, 0.2) is 0 Å². The molecule has 0 heterocycles. The van der Waals surface area contributed by atoms with Crippen LogP contribution in [0, 0.1) is 0 Å². The summed E-state index contributed by atoms with van der Waals surface area (Å²) in [5, 5.41) is 20.2. The molecule has 2 atom stereocenters. The smallest absolute Gasteiger partial charge is 0.320 e. The number of hydrogen-bond donors (Lipinski definition) is 4. The predicted octanol–water partition coefficient (Wildman–Crippen LogP) is -1.32.